The molecular formula is C15H18. The monoisotopic (exact) mass is 198 g/mol. The SMILES string of the molecule is C1=CCC2C3C=C3C3CCCCC3C2C=1. The molecule has 15 heavy (non-hydrogen) atoms. The highest BCUT2D eigenvalue weighted by Crippen LogP contribution is 2.60. The lowest BCUT2D eigenvalue weighted by Gasteiger charge is -2.44. The molecule has 5 atom stereocenters. The van der Waals surface area contributed by atoms with Gasteiger partial charge < -0.3 is 0 Å². The van der Waals surface area contributed by atoms with Gasteiger partial charge in [-0.15, -0.1) is 5.73 Å². The van der Waals surface area contributed by atoms with Crippen LogP contribution in [0.5, 0.6) is 0 Å². The fourth-order valence-corrected chi connectivity index (χ4v) is 4.43. The van der Waals surface area contributed by atoms with Gasteiger partial charge in [0.25, 0.3) is 0 Å². The van der Waals surface area contributed by atoms with Crippen LogP contribution in [-0.4, -0.2) is 0 Å². The zero-order valence-corrected chi connectivity index (χ0v) is 9.15. The van der Waals surface area contributed by atoms with E-state index >= 15 is 0 Å². The van der Waals surface area contributed by atoms with Crippen LogP contribution in [0.15, 0.2) is 29.5 Å². The second kappa shape index (κ2) is 2.89. The molecule has 0 radical (unpaired) electrons. The van der Waals surface area contributed by atoms with Crippen molar-refractivity contribution in [1.29, 1.82) is 0 Å². The minimum atomic E-state index is 0.868. The Labute approximate surface area is 91.8 Å². The molecule has 4 aliphatic carbocycles. The van der Waals surface area contributed by atoms with Gasteiger partial charge in [-0.25, -0.2) is 0 Å². The number of fused-ring (bicyclic) bond motifs is 6. The van der Waals surface area contributed by atoms with Crippen LogP contribution in [0.3, 0.4) is 0 Å². The molecule has 4 aliphatic rings. The zero-order valence-electron chi connectivity index (χ0n) is 9.15. The second-order valence-corrected chi connectivity index (χ2v) is 5.76. The van der Waals surface area contributed by atoms with Crippen LogP contribution < -0.4 is 0 Å². The standard InChI is InChI=1S/C15H18/c1-3-7-12-10(5-1)11-6-2-4-8-13(11)15-9-14(12)15/h4,6,9-13,15H,1,3,5,7-8H2. The molecule has 4 rings (SSSR count). The molecule has 0 aliphatic heterocycles. The Kier molecular flexibility index (Phi) is 1.62. The van der Waals surface area contributed by atoms with Crippen molar-refractivity contribution >= 4 is 0 Å². The third-order valence-corrected chi connectivity index (χ3v) is 5.14. The van der Waals surface area contributed by atoms with Gasteiger partial charge in [-0.05, 0) is 55.1 Å². The summed E-state index contributed by atoms with van der Waals surface area (Å²) in [5.74, 6) is 4.66. The van der Waals surface area contributed by atoms with E-state index < -0.39 is 0 Å². The van der Waals surface area contributed by atoms with Gasteiger partial charge >= 0.3 is 0 Å². The van der Waals surface area contributed by atoms with E-state index in [4.69, 9.17) is 0 Å². The molecule has 0 amide bonds. The maximum absolute atomic E-state index is 3.38. The summed E-state index contributed by atoms with van der Waals surface area (Å²) in [5.41, 5.74) is 5.23. The molecule has 0 aromatic rings. The summed E-state index contributed by atoms with van der Waals surface area (Å²) in [6.07, 6.45) is 14.4. The van der Waals surface area contributed by atoms with Crippen molar-refractivity contribution in [2.24, 2.45) is 29.6 Å². The van der Waals surface area contributed by atoms with Crippen LogP contribution in [0.2, 0.25) is 0 Å². The predicted molar refractivity (Wildman–Crippen MR) is 61.3 cm³/mol. The van der Waals surface area contributed by atoms with E-state index in [1.807, 2.05) is 5.57 Å². The van der Waals surface area contributed by atoms with Gasteiger partial charge in [0.05, 0.1) is 0 Å². The van der Waals surface area contributed by atoms with E-state index in [1.54, 1.807) is 0 Å². The van der Waals surface area contributed by atoms with Crippen LogP contribution in [-0.2, 0) is 0 Å². The van der Waals surface area contributed by atoms with Gasteiger partial charge in [-0.3, -0.25) is 0 Å². The quantitative estimate of drug-likeness (QED) is 0.411. The summed E-state index contributed by atoms with van der Waals surface area (Å²) in [6, 6.07) is 0. The highest BCUT2D eigenvalue weighted by Gasteiger charge is 2.51. The lowest BCUT2D eigenvalue weighted by Crippen LogP contribution is -2.37. The van der Waals surface area contributed by atoms with Gasteiger partial charge in [-0.1, -0.05) is 24.5 Å². The van der Waals surface area contributed by atoms with Crippen molar-refractivity contribution in [3.05, 3.63) is 29.5 Å². The Balaban J connectivity index is 1.72. The molecule has 2 saturated carbocycles. The fourth-order valence-electron chi connectivity index (χ4n) is 4.43. The van der Waals surface area contributed by atoms with Crippen molar-refractivity contribution in [3.63, 3.8) is 0 Å². The highest BCUT2D eigenvalue weighted by atomic mass is 14.5. The van der Waals surface area contributed by atoms with Gasteiger partial charge in [0, 0.05) is 5.92 Å². The molecule has 0 heterocycles. The molecule has 0 N–H and O–H groups in total. The lowest BCUT2D eigenvalue weighted by molar-refractivity contribution is 0.124. The Morgan fingerprint density at radius 2 is 2.07 bits per heavy atom. The molecule has 0 nitrogen and oxygen atoms in total. The summed E-state index contributed by atoms with van der Waals surface area (Å²) < 4.78 is 0. The van der Waals surface area contributed by atoms with Crippen molar-refractivity contribution in [2.45, 2.75) is 32.1 Å². The van der Waals surface area contributed by atoms with Crippen molar-refractivity contribution in [2.75, 3.05) is 0 Å². The molecule has 0 aromatic carbocycles. The summed E-state index contributed by atoms with van der Waals surface area (Å²) >= 11 is 0. The second-order valence-electron chi connectivity index (χ2n) is 5.76. The van der Waals surface area contributed by atoms with Gasteiger partial charge in [-0.2, -0.15) is 0 Å². The van der Waals surface area contributed by atoms with Gasteiger partial charge in [0.1, 0.15) is 0 Å². The van der Waals surface area contributed by atoms with E-state index in [-0.39, 0.29) is 0 Å². The first-order valence-electron chi connectivity index (χ1n) is 6.58. The maximum atomic E-state index is 3.38. The van der Waals surface area contributed by atoms with Crippen LogP contribution in [0.4, 0.5) is 0 Å². The van der Waals surface area contributed by atoms with E-state index in [0.29, 0.717) is 0 Å². The first-order valence-corrected chi connectivity index (χ1v) is 6.58. The van der Waals surface area contributed by atoms with Crippen LogP contribution in [0, 0.1) is 29.6 Å². The first kappa shape index (κ1) is 8.42. The Morgan fingerprint density at radius 3 is 3.07 bits per heavy atom. The zero-order chi connectivity index (χ0) is 9.83. The Hall–Kier alpha value is -0.740. The average Bonchev–Trinajstić information content (AvgIpc) is 3.10. The van der Waals surface area contributed by atoms with Crippen molar-refractivity contribution in [1.82, 2.24) is 0 Å². The topological polar surface area (TPSA) is 0 Å². The largest absolute Gasteiger partial charge is 0.129 e. The maximum Gasteiger partial charge on any atom is 0.00202 e. The number of hydrogen-bond acceptors (Lipinski definition) is 0. The van der Waals surface area contributed by atoms with Gasteiger partial charge in [0.15, 0.2) is 0 Å². The third-order valence-electron chi connectivity index (χ3n) is 5.14. The minimum absolute atomic E-state index is 0.868. The van der Waals surface area contributed by atoms with E-state index in [0.717, 1.165) is 29.6 Å². The molecular weight excluding hydrogens is 180 g/mol. The summed E-state index contributed by atoms with van der Waals surface area (Å²) in [4.78, 5) is 0. The molecule has 78 valence electrons. The van der Waals surface area contributed by atoms with Crippen LogP contribution >= 0.6 is 0 Å². The normalized spacial score (nSPS) is 50.1. The lowest BCUT2D eigenvalue weighted by atomic mass is 9.60. The van der Waals surface area contributed by atoms with E-state index in [9.17, 15) is 0 Å². The molecule has 0 aromatic heterocycles. The summed E-state index contributed by atoms with van der Waals surface area (Å²) in [5, 5.41) is 0. The van der Waals surface area contributed by atoms with E-state index in [1.165, 1.54) is 32.1 Å². The predicted octanol–water partition coefficient (Wildman–Crippen LogP) is 3.71. The minimum Gasteiger partial charge on any atom is -0.129 e. The average molecular weight is 198 g/mol. The number of allylic oxidation sites excluding steroid dienone is 3. The van der Waals surface area contributed by atoms with Crippen LogP contribution in [0.1, 0.15) is 32.1 Å². The molecule has 0 heteroatoms. The van der Waals surface area contributed by atoms with E-state index in [2.05, 4.69) is 24.0 Å². The Morgan fingerprint density at radius 1 is 1.13 bits per heavy atom. The molecule has 0 spiro atoms. The molecule has 0 saturated heterocycles. The smallest absolute Gasteiger partial charge is 0.00202 e. The van der Waals surface area contributed by atoms with Crippen LogP contribution in [0.25, 0.3) is 0 Å². The summed E-state index contributed by atoms with van der Waals surface area (Å²) in [6.45, 7) is 0. The van der Waals surface area contributed by atoms with Crippen molar-refractivity contribution < 1.29 is 0 Å². The summed E-state index contributed by atoms with van der Waals surface area (Å²) in [7, 11) is 0. The van der Waals surface area contributed by atoms with Gasteiger partial charge in [0.2, 0.25) is 0 Å². The number of hydrogen-bond donors (Lipinski definition) is 0. The molecule has 0 bridgehead atoms. The highest BCUT2D eigenvalue weighted by molar-refractivity contribution is 5.38. The third kappa shape index (κ3) is 1.09. The Bertz CT molecular complexity index is 381. The number of rotatable bonds is 0. The van der Waals surface area contributed by atoms with Crippen molar-refractivity contribution in [3.8, 4) is 0 Å². The molecule has 2 fully saturated rings. The fraction of sp³-hybridized carbons (Fsp3) is 0.667. The first-order chi connectivity index (χ1) is 7.45. The molecule has 5 unspecified atom stereocenters.